The van der Waals surface area contributed by atoms with E-state index in [-0.39, 0.29) is 23.9 Å². The molecule has 314 valence electrons. The summed E-state index contributed by atoms with van der Waals surface area (Å²) in [5.41, 5.74) is -1.97. The Kier molecular flexibility index (Phi) is 18.2. The van der Waals surface area contributed by atoms with Gasteiger partial charge in [-0.25, -0.2) is 0 Å². The van der Waals surface area contributed by atoms with Crippen LogP contribution in [0.4, 0.5) is 0 Å². The first kappa shape index (κ1) is 48.2. The second-order valence-electron chi connectivity index (χ2n) is 15.3. The van der Waals surface area contributed by atoms with E-state index < -0.39 is 96.9 Å². The second-order valence-corrected chi connectivity index (χ2v) is 15.3. The van der Waals surface area contributed by atoms with Gasteiger partial charge in [-0.1, -0.05) is 53.5 Å². The highest BCUT2D eigenvalue weighted by Crippen LogP contribution is 2.43. The Labute approximate surface area is 312 Å². The molecule has 0 aromatic heterocycles. The quantitative estimate of drug-likeness (QED) is 0.143. The average Bonchev–Trinajstić information content (AvgIpc) is 3.60. The zero-order valence-electron chi connectivity index (χ0n) is 32.2. The second kappa shape index (κ2) is 20.0. The lowest BCUT2D eigenvalue weighted by Crippen LogP contribution is -2.63. The summed E-state index contributed by atoms with van der Waals surface area (Å²) in [7, 11) is 1.49. The van der Waals surface area contributed by atoms with Crippen LogP contribution in [0.25, 0.3) is 0 Å². The SMILES string of the molecule is C=C[C@]1(C)OC(O)[C@H](O)[C@H](O)[C@H]1C.CC[C@@H]1OC(O)[C@H](O)[C@H](O)[C@H]1C.CC[C@]1(C)OC(O)[C@H](O)[C@H](O)[C@H]1C.CO[C@@H]1[C@@H](O)[C@@H](O)[C@H](O)OC12CCCC2. The van der Waals surface area contributed by atoms with E-state index in [0.29, 0.717) is 6.42 Å². The Morgan fingerprint density at radius 3 is 1.55 bits per heavy atom. The monoisotopic (exact) mass is 772 g/mol. The zero-order chi connectivity index (χ0) is 40.8. The van der Waals surface area contributed by atoms with Crippen LogP contribution in [0.1, 0.15) is 87.0 Å². The van der Waals surface area contributed by atoms with Gasteiger partial charge in [-0.05, 0) is 39.5 Å². The normalized spacial score (nSPS) is 49.3. The van der Waals surface area contributed by atoms with Crippen LogP contribution in [-0.2, 0) is 23.7 Å². The number of methoxy groups -OCH3 is 1. The third-order valence-corrected chi connectivity index (χ3v) is 12.1. The van der Waals surface area contributed by atoms with Crippen LogP contribution in [0.3, 0.4) is 0 Å². The molecule has 5 fully saturated rings. The lowest BCUT2D eigenvalue weighted by Gasteiger charge is -2.47. The van der Waals surface area contributed by atoms with Gasteiger partial charge in [0.25, 0.3) is 0 Å². The standard InChI is InChI=1S/C10H18O5.C9H18O4.C9H16O4.C8H16O4/c1-14-8-6(11)7(12)9(13)15-10(8)4-2-3-5-10;2*1-4-9(3)5(2)6(10)7(11)8(12)13-9;1-3-5-4(2)6(9)7(10)8(11)12-5/h6-9,11-13H,2-5H2,1H3;5-8,10-12H,4H2,1-3H3;4-8,10-12H,1H2,2-3H3;4-11H,3H2,1-2H3/t6-,7+,8+,9+;2*5-,6-,7-,8?,9+;4-,5-,6+,7+,8?/m0110/s1. The van der Waals surface area contributed by atoms with E-state index in [2.05, 4.69) is 6.58 Å². The summed E-state index contributed by atoms with van der Waals surface area (Å²) in [5.74, 6) is -0.618. The maximum atomic E-state index is 9.82. The minimum absolute atomic E-state index is 0.131. The fourth-order valence-electron chi connectivity index (χ4n) is 7.48. The van der Waals surface area contributed by atoms with Crippen molar-refractivity contribution in [2.45, 2.75) is 190 Å². The number of hydrogen-bond donors (Lipinski definition) is 12. The van der Waals surface area contributed by atoms with Crippen LogP contribution in [0.15, 0.2) is 12.7 Å². The van der Waals surface area contributed by atoms with Gasteiger partial charge < -0.3 is 85.0 Å². The molecule has 5 aliphatic rings. The molecule has 3 unspecified atom stereocenters. The molecule has 5 rings (SSSR count). The Morgan fingerprint density at radius 2 is 1.08 bits per heavy atom. The average molecular weight is 773 g/mol. The molecule has 1 spiro atoms. The molecule has 0 bridgehead atoms. The first-order valence-electron chi connectivity index (χ1n) is 18.5. The summed E-state index contributed by atoms with van der Waals surface area (Å²) in [6, 6.07) is 0. The molecule has 4 saturated heterocycles. The number of aliphatic hydroxyl groups excluding tert-OH is 12. The molecule has 17 heteroatoms. The van der Waals surface area contributed by atoms with Crippen molar-refractivity contribution in [3.05, 3.63) is 12.7 Å². The van der Waals surface area contributed by atoms with Crippen LogP contribution in [0.5, 0.6) is 0 Å². The Bertz CT molecular complexity index is 1090. The summed E-state index contributed by atoms with van der Waals surface area (Å²) in [4.78, 5) is 0. The molecule has 12 N–H and O–H groups in total. The van der Waals surface area contributed by atoms with E-state index in [1.807, 2.05) is 27.7 Å². The summed E-state index contributed by atoms with van der Waals surface area (Å²) < 4.78 is 26.1. The molecule has 53 heavy (non-hydrogen) atoms. The summed E-state index contributed by atoms with van der Waals surface area (Å²) in [5, 5.41) is 113. The Hall–Kier alpha value is -0.940. The molecule has 0 radical (unpaired) electrons. The van der Waals surface area contributed by atoms with E-state index in [1.54, 1.807) is 20.8 Å². The fraction of sp³-hybridized carbons (Fsp3) is 0.944. The third kappa shape index (κ3) is 10.7. The topological polar surface area (TPSA) is 289 Å². The third-order valence-electron chi connectivity index (χ3n) is 12.1. The van der Waals surface area contributed by atoms with Gasteiger partial charge in [-0.2, -0.15) is 0 Å². The van der Waals surface area contributed by atoms with Gasteiger partial charge in [0.05, 0.1) is 35.6 Å². The van der Waals surface area contributed by atoms with Crippen molar-refractivity contribution in [2.75, 3.05) is 7.11 Å². The van der Waals surface area contributed by atoms with Crippen molar-refractivity contribution in [1.29, 1.82) is 0 Å². The number of aliphatic hydroxyl groups is 12. The van der Waals surface area contributed by atoms with Crippen molar-refractivity contribution in [3.63, 3.8) is 0 Å². The molecule has 0 aromatic rings. The summed E-state index contributed by atoms with van der Waals surface area (Å²) in [6.45, 7) is 16.3. The molecule has 4 heterocycles. The van der Waals surface area contributed by atoms with Gasteiger partial charge in [0.2, 0.25) is 0 Å². The lowest BCUT2D eigenvalue weighted by molar-refractivity contribution is -0.322. The van der Waals surface area contributed by atoms with Gasteiger partial charge >= 0.3 is 0 Å². The van der Waals surface area contributed by atoms with Crippen LogP contribution in [0.2, 0.25) is 0 Å². The molecule has 1 aliphatic carbocycles. The summed E-state index contributed by atoms with van der Waals surface area (Å²) >= 11 is 0. The predicted molar refractivity (Wildman–Crippen MR) is 187 cm³/mol. The predicted octanol–water partition coefficient (Wildman–Crippen LogP) is -1.64. The largest absolute Gasteiger partial charge is 0.390 e. The van der Waals surface area contributed by atoms with Crippen LogP contribution >= 0.6 is 0 Å². The van der Waals surface area contributed by atoms with Crippen LogP contribution in [0, 0.1) is 17.8 Å². The van der Waals surface area contributed by atoms with E-state index in [9.17, 15) is 56.2 Å². The molecule has 0 aromatic carbocycles. The molecule has 17 nitrogen and oxygen atoms in total. The molecular weight excluding hydrogens is 704 g/mol. The summed E-state index contributed by atoms with van der Waals surface area (Å²) in [6.07, 6.45) is -8.29. The zero-order valence-corrected chi connectivity index (χ0v) is 32.2. The molecular formula is C36H68O17. The minimum atomic E-state index is -1.35. The highest BCUT2D eigenvalue weighted by molar-refractivity contribution is 5.05. The van der Waals surface area contributed by atoms with Crippen LogP contribution in [-0.4, -0.2) is 171 Å². The highest BCUT2D eigenvalue weighted by Gasteiger charge is 2.55. The maximum Gasteiger partial charge on any atom is 0.184 e. The first-order valence-corrected chi connectivity index (χ1v) is 18.5. The van der Waals surface area contributed by atoms with E-state index in [1.165, 1.54) is 13.2 Å². The lowest BCUT2D eigenvalue weighted by atomic mass is 9.79. The fourth-order valence-corrected chi connectivity index (χ4v) is 7.48. The number of hydrogen-bond acceptors (Lipinski definition) is 17. The highest BCUT2D eigenvalue weighted by atomic mass is 16.7. The Balaban J connectivity index is 0.000000245. The number of ether oxygens (including phenoxy) is 5. The van der Waals surface area contributed by atoms with E-state index >= 15 is 0 Å². The van der Waals surface area contributed by atoms with Crippen molar-refractivity contribution < 1.29 is 85.0 Å². The van der Waals surface area contributed by atoms with Crippen LogP contribution < -0.4 is 0 Å². The van der Waals surface area contributed by atoms with Crippen molar-refractivity contribution in [2.24, 2.45) is 17.8 Å². The van der Waals surface area contributed by atoms with Crippen molar-refractivity contribution in [1.82, 2.24) is 0 Å². The molecule has 4 aliphatic heterocycles. The maximum absolute atomic E-state index is 9.82. The van der Waals surface area contributed by atoms with E-state index in [4.69, 9.17) is 28.8 Å². The molecule has 0 amide bonds. The van der Waals surface area contributed by atoms with E-state index in [0.717, 1.165) is 32.1 Å². The van der Waals surface area contributed by atoms with Gasteiger partial charge in [0, 0.05) is 24.9 Å². The minimum Gasteiger partial charge on any atom is -0.390 e. The van der Waals surface area contributed by atoms with Gasteiger partial charge in [0.1, 0.15) is 42.2 Å². The van der Waals surface area contributed by atoms with Gasteiger partial charge in [-0.15, -0.1) is 6.58 Å². The number of rotatable bonds is 4. The Morgan fingerprint density at radius 1 is 0.623 bits per heavy atom. The van der Waals surface area contributed by atoms with Gasteiger partial charge in [0.15, 0.2) is 25.2 Å². The first-order chi connectivity index (χ1) is 24.5. The van der Waals surface area contributed by atoms with Gasteiger partial charge in [-0.3, -0.25) is 0 Å². The smallest absolute Gasteiger partial charge is 0.184 e. The molecule has 1 saturated carbocycles. The van der Waals surface area contributed by atoms with Crippen molar-refractivity contribution >= 4 is 0 Å². The molecule has 19 atom stereocenters. The van der Waals surface area contributed by atoms with Crippen molar-refractivity contribution in [3.8, 4) is 0 Å².